The number of nitrogens with one attached hydrogen (secondary N) is 3. The van der Waals surface area contributed by atoms with Gasteiger partial charge in [-0.2, -0.15) is 13.2 Å². The maximum Gasteiger partial charge on any atom is 0.416 e. The Balaban J connectivity index is 1.40. The van der Waals surface area contributed by atoms with Gasteiger partial charge >= 0.3 is 18.3 Å². The van der Waals surface area contributed by atoms with Crippen LogP contribution in [0.15, 0.2) is 52.3 Å². The molecule has 2 aromatic rings. The second-order valence-corrected chi connectivity index (χ2v) is 16.6. The zero-order valence-corrected chi connectivity index (χ0v) is 30.9. The number of alkyl halides is 3. The van der Waals surface area contributed by atoms with Gasteiger partial charge in [-0.05, 0) is 94.7 Å². The van der Waals surface area contributed by atoms with E-state index in [1.165, 1.54) is 33.7 Å². The van der Waals surface area contributed by atoms with Crippen LogP contribution in [0, 0.1) is 5.92 Å². The molecule has 1 heterocycles. The molecular formula is C34H44F3N5O8S2. The van der Waals surface area contributed by atoms with E-state index >= 15 is 0 Å². The number of halogens is 3. The molecule has 3 atom stereocenters. The van der Waals surface area contributed by atoms with Gasteiger partial charge in [-0.25, -0.2) is 18.0 Å². The predicted octanol–water partition coefficient (Wildman–Crippen LogP) is 4.36. The van der Waals surface area contributed by atoms with Gasteiger partial charge in [0.25, 0.3) is 5.91 Å². The molecule has 0 radical (unpaired) electrons. The van der Waals surface area contributed by atoms with E-state index in [9.17, 15) is 45.9 Å². The Morgan fingerprint density at radius 2 is 1.60 bits per heavy atom. The molecule has 1 saturated carbocycles. The molecule has 1 aliphatic carbocycles. The summed E-state index contributed by atoms with van der Waals surface area (Å²) in [6, 6.07) is 7.15. The molecule has 2 aliphatic rings. The van der Waals surface area contributed by atoms with Crippen molar-refractivity contribution in [3.05, 3.63) is 53.6 Å². The number of amides is 5. The Bertz CT molecular complexity index is 1730. The number of anilines is 1. The molecule has 13 nitrogen and oxygen atoms in total. The van der Waals surface area contributed by atoms with Crippen molar-refractivity contribution in [3.63, 3.8) is 0 Å². The Morgan fingerprint density at radius 1 is 0.962 bits per heavy atom. The van der Waals surface area contributed by atoms with Gasteiger partial charge in [0.2, 0.25) is 5.91 Å². The summed E-state index contributed by atoms with van der Waals surface area (Å²) in [5.41, 5.74) is -2.66. The summed E-state index contributed by atoms with van der Waals surface area (Å²) < 4.78 is 72.6. The van der Waals surface area contributed by atoms with Crippen LogP contribution in [-0.2, 0) is 25.5 Å². The van der Waals surface area contributed by atoms with E-state index in [1.807, 2.05) is 6.26 Å². The van der Waals surface area contributed by atoms with Crippen LogP contribution >= 0.6 is 11.8 Å². The lowest BCUT2D eigenvalue weighted by Crippen LogP contribution is -2.52. The third-order valence-corrected chi connectivity index (χ3v) is 11.2. The number of piperazine rings is 1. The number of aliphatic hydroxyl groups excluding tert-OH is 1. The van der Waals surface area contributed by atoms with Gasteiger partial charge in [0.05, 0.1) is 40.1 Å². The molecule has 1 saturated heterocycles. The number of rotatable bonds is 9. The molecule has 0 spiro atoms. The number of thioether (sulfide) groups is 1. The molecule has 0 aromatic heterocycles. The summed E-state index contributed by atoms with van der Waals surface area (Å²) >= 11 is 1.46. The number of ether oxygens (including phenoxy) is 1. The summed E-state index contributed by atoms with van der Waals surface area (Å²) in [4.78, 5) is 55.5. The van der Waals surface area contributed by atoms with E-state index in [2.05, 4.69) is 16.0 Å². The lowest BCUT2D eigenvalue weighted by atomic mass is 9.84. The van der Waals surface area contributed by atoms with Crippen molar-refractivity contribution in [1.82, 2.24) is 20.4 Å². The second-order valence-electron chi connectivity index (χ2n) is 13.7. The van der Waals surface area contributed by atoms with Crippen LogP contribution in [0.4, 0.5) is 28.4 Å². The lowest BCUT2D eigenvalue weighted by Gasteiger charge is -2.35. The van der Waals surface area contributed by atoms with E-state index in [-0.39, 0.29) is 48.9 Å². The summed E-state index contributed by atoms with van der Waals surface area (Å²) in [5, 5.41) is 17.7. The van der Waals surface area contributed by atoms with Crippen LogP contribution in [0.1, 0.15) is 56.0 Å². The quantitative estimate of drug-likeness (QED) is 0.270. The number of nitrogens with zero attached hydrogens (tertiary/aromatic N) is 2. The molecule has 1 aliphatic heterocycles. The van der Waals surface area contributed by atoms with Gasteiger partial charge in [0.1, 0.15) is 5.60 Å². The van der Waals surface area contributed by atoms with Gasteiger partial charge < -0.3 is 35.6 Å². The zero-order valence-electron chi connectivity index (χ0n) is 29.3. The average molecular weight is 772 g/mol. The van der Waals surface area contributed by atoms with E-state index in [1.54, 1.807) is 32.9 Å². The Hall–Kier alpha value is -4.03. The van der Waals surface area contributed by atoms with Crippen molar-refractivity contribution in [2.45, 2.75) is 73.7 Å². The number of urea groups is 1. The Morgan fingerprint density at radius 3 is 2.19 bits per heavy atom. The molecule has 0 unspecified atom stereocenters. The fraction of sp³-hybridized carbons (Fsp3) is 0.529. The Labute approximate surface area is 304 Å². The first-order valence-corrected chi connectivity index (χ1v) is 19.5. The first-order chi connectivity index (χ1) is 24.3. The standard InChI is InChI=1S/C34H44F3N5O8S2/c1-33(2,3)50-32(47)42-15-13-41(14-16-42)31(46)40-27-12-6-22(34(35,36)37)17-26(27)30(45)38-19-29(44)39-28-18-23(43)7-5-21(28)20-52(48,49)25-10-8-24(51-4)9-11-25/h6,8-12,17,21,23,28,43H,5,7,13-16,18-20H2,1-4H3,(H,38,45)(H,39,44)(H,40,46)/t21-,23-,28-/m0/s1. The first-order valence-electron chi connectivity index (χ1n) is 16.6. The van der Waals surface area contributed by atoms with Gasteiger partial charge in [-0.3, -0.25) is 9.59 Å². The highest BCUT2D eigenvalue weighted by Crippen LogP contribution is 2.32. The maximum atomic E-state index is 13.6. The van der Waals surface area contributed by atoms with Gasteiger partial charge in [-0.15, -0.1) is 11.8 Å². The molecule has 2 aromatic carbocycles. The van der Waals surface area contributed by atoms with Crippen molar-refractivity contribution < 1.29 is 50.6 Å². The third kappa shape index (κ3) is 11.2. The Kier molecular flexibility index (Phi) is 13.1. The summed E-state index contributed by atoms with van der Waals surface area (Å²) in [7, 11) is -3.75. The van der Waals surface area contributed by atoms with Crippen molar-refractivity contribution in [3.8, 4) is 0 Å². The highest BCUT2D eigenvalue weighted by atomic mass is 32.2. The largest absolute Gasteiger partial charge is 0.444 e. The van der Waals surface area contributed by atoms with Crippen LogP contribution < -0.4 is 16.0 Å². The smallest absolute Gasteiger partial charge is 0.416 e. The summed E-state index contributed by atoms with van der Waals surface area (Å²) in [6.07, 6.45) is -3.58. The minimum absolute atomic E-state index is 0.0706. The van der Waals surface area contributed by atoms with Crippen molar-refractivity contribution in [2.24, 2.45) is 5.92 Å². The van der Waals surface area contributed by atoms with Crippen LogP contribution in [0.2, 0.25) is 0 Å². The maximum absolute atomic E-state index is 13.6. The van der Waals surface area contributed by atoms with Gasteiger partial charge in [0.15, 0.2) is 9.84 Å². The molecule has 0 bridgehead atoms. The normalized spacial score (nSPS) is 19.8. The highest BCUT2D eigenvalue weighted by molar-refractivity contribution is 7.98. The monoisotopic (exact) mass is 771 g/mol. The van der Waals surface area contributed by atoms with Crippen molar-refractivity contribution >= 4 is 51.2 Å². The van der Waals surface area contributed by atoms with Crippen LogP contribution in [0.3, 0.4) is 0 Å². The van der Waals surface area contributed by atoms with E-state index in [0.717, 1.165) is 11.0 Å². The number of carbonyl (C=O) groups excluding carboxylic acids is 4. The van der Waals surface area contributed by atoms with E-state index in [4.69, 9.17) is 4.74 Å². The molecule has 5 amide bonds. The lowest BCUT2D eigenvalue weighted by molar-refractivity contribution is -0.137. The second kappa shape index (κ2) is 16.8. The number of carbonyl (C=O) groups is 4. The molecule has 4 rings (SSSR count). The number of hydrogen-bond acceptors (Lipinski definition) is 9. The number of hydrogen-bond donors (Lipinski definition) is 4. The van der Waals surface area contributed by atoms with Crippen molar-refractivity contribution in [1.29, 1.82) is 0 Å². The van der Waals surface area contributed by atoms with Gasteiger partial charge in [0, 0.05) is 37.1 Å². The molecular weight excluding hydrogens is 728 g/mol. The first kappa shape index (κ1) is 40.7. The molecule has 52 heavy (non-hydrogen) atoms. The van der Waals surface area contributed by atoms with E-state index in [0.29, 0.717) is 25.0 Å². The zero-order chi connectivity index (χ0) is 38.4. The molecule has 18 heteroatoms. The molecule has 286 valence electrons. The topological polar surface area (TPSA) is 174 Å². The minimum Gasteiger partial charge on any atom is -0.444 e. The molecule has 2 fully saturated rings. The fourth-order valence-electron chi connectivity index (χ4n) is 5.89. The SMILES string of the molecule is CSc1ccc(S(=O)(=O)C[C@@H]2CC[C@H](O)C[C@@H]2NC(=O)CNC(=O)c2cc(C(F)(F)F)ccc2NC(=O)N2CCN(C(=O)OC(C)(C)C)CC2)cc1. The number of sulfone groups is 1. The number of benzene rings is 2. The highest BCUT2D eigenvalue weighted by Gasteiger charge is 2.36. The predicted molar refractivity (Wildman–Crippen MR) is 188 cm³/mol. The van der Waals surface area contributed by atoms with E-state index < -0.39 is 81.3 Å². The van der Waals surface area contributed by atoms with Crippen LogP contribution in [0.5, 0.6) is 0 Å². The van der Waals surface area contributed by atoms with Crippen LogP contribution in [0.25, 0.3) is 0 Å². The number of aliphatic hydroxyl groups is 1. The molecule has 4 N–H and O–H groups in total. The third-order valence-electron chi connectivity index (χ3n) is 8.63. The average Bonchev–Trinajstić information content (AvgIpc) is 3.07. The van der Waals surface area contributed by atoms with Crippen molar-refractivity contribution in [2.75, 3.05) is 50.0 Å². The minimum atomic E-state index is -4.82. The van der Waals surface area contributed by atoms with Crippen LogP contribution in [-0.4, -0.2) is 110 Å². The summed E-state index contributed by atoms with van der Waals surface area (Å²) in [5.74, 6) is -2.68. The summed E-state index contributed by atoms with van der Waals surface area (Å²) in [6.45, 7) is 4.96. The fourth-order valence-corrected chi connectivity index (χ4v) is 8.01. The van der Waals surface area contributed by atoms with Gasteiger partial charge in [-0.1, -0.05) is 0 Å².